The van der Waals surface area contributed by atoms with Gasteiger partial charge in [-0.2, -0.15) is 0 Å². The van der Waals surface area contributed by atoms with Crippen molar-refractivity contribution in [2.75, 3.05) is 4.90 Å². The number of aryl methyl sites for hydroxylation is 2. The highest BCUT2D eigenvalue weighted by Crippen LogP contribution is 2.42. The van der Waals surface area contributed by atoms with Gasteiger partial charge in [0, 0.05) is 10.9 Å². The Morgan fingerprint density at radius 3 is 2.66 bits per heavy atom. The van der Waals surface area contributed by atoms with Crippen LogP contribution in [0, 0.1) is 19.7 Å². The van der Waals surface area contributed by atoms with Crippen LogP contribution in [0.5, 0.6) is 0 Å². The zero-order valence-corrected chi connectivity index (χ0v) is 16.4. The predicted molar refractivity (Wildman–Crippen MR) is 109 cm³/mol. The molecule has 0 radical (unpaired) electrons. The van der Waals surface area contributed by atoms with E-state index in [1.54, 1.807) is 35.7 Å². The first kappa shape index (κ1) is 17.8. The number of halogens is 1. The summed E-state index contributed by atoms with van der Waals surface area (Å²) in [5.74, 6) is -1.06. The van der Waals surface area contributed by atoms with Crippen LogP contribution < -0.4 is 10.3 Å². The first-order chi connectivity index (χ1) is 14.0. The van der Waals surface area contributed by atoms with Crippen LogP contribution in [-0.2, 0) is 0 Å². The van der Waals surface area contributed by atoms with Crippen molar-refractivity contribution in [3.05, 3.63) is 92.0 Å². The fraction of sp³-hybridized carbons (Fsp3) is 0.136. The number of hydrogen-bond acceptors (Lipinski definition) is 5. The Hall–Kier alpha value is -3.32. The van der Waals surface area contributed by atoms with Gasteiger partial charge in [0.2, 0.25) is 5.76 Å². The molecule has 0 N–H and O–H groups in total. The third kappa shape index (κ3) is 2.61. The maximum Gasteiger partial charge on any atom is 0.297 e. The lowest BCUT2D eigenvalue weighted by atomic mass is 9.98. The van der Waals surface area contributed by atoms with Crippen LogP contribution in [0.25, 0.3) is 11.0 Å². The lowest BCUT2D eigenvalue weighted by molar-refractivity contribution is 0.0970. The highest BCUT2D eigenvalue weighted by molar-refractivity contribution is 7.14. The Morgan fingerprint density at radius 1 is 1.14 bits per heavy atom. The minimum atomic E-state index is -0.939. The van der Waals surface area contributed by atoms with Crippen molar-refractivity contribution in [2.45, 2.75) is 19.9 Å². The second kappa shape index (κ2) is 6.35. The molecule has 0 bridgehead atoms. The molecule has 0 spiro atoms. The molecule has 29 heavy (non-hydrogen) atoms. The molecule has 4 aromatic rings. The number of nitrogens with zero attached hydrogens (tertiary/aromatic N) is 2. The largest absolute Gasteiger partial charge is 0.450 e. The quantitative estimate of drug-likeness (QED) is 0.482. The van der Waals surface area contributed by atoms with Gasteiger partial charge in [0.1, 0.15) is 17.4 Å². The van der Waals surface area contributed by atoms with Crippen LogP contribution >= 0.6 is 11.3 Å². The van der Waals surface area contributed by atoms with Gasteiger partial charge in [0.25, 0.3) is 5.91 Å². The molecule has 0 fully saturated rings. The van der Waals surface area contributed by atoms with Crippen molar-refractivity contribution in [2.24, 2.45) is 0 Å². The third-order valence-electron chi connectivity index (χ3n) is 5.04. The highest BCUT2D eigenvalue weighted by Gasteiger charge is 2.45. The van der Waals surface area contributed by atoms with Crippen molar-refractivity contribution >= 4 is 33.3 Å². The molecule has 2 aromatic heterocycles. The summed E-state index contributed by atoms with van der Waals surface area (Å²) in [7, 11) is 0. The Balaban J connectivity index is 1.86. The van der Waals surface area contributed by atoms with E-state index in [2.05, 4.69) is 4.98 Å². The van der Waals surface area contributed by atoms with Gasteiger partial charge in [-0.05, 0) is 32.0 Å². The SMILES string of the molecule is Cc1ccc2oc3c(c(=O)c2c1)C(c1ccccc1F)N(c1nc(C)cs1)C3=O. The van der Waals surface area contributed by atoms with Gasteiger partial charge in [-0.15, -0.1) is 11.3 Å². The summed E-state index contributed by atoms with van der Waals surface area (Å²) in [5.41, 5.74) is 2.00. The van der Waals surface area contributed by atoms with Crippen LogP contribution in [0.15, 0.2) is 57.1 Å². The van der Waals surface area contributed by atoms with Crippen LogP contribution in [0.3, 0.4) is 0 Å². The Bertz CT molecular complexity index is 1360. The predicted octanol–water partition coefficient (Wildman–Crippen LogP) is 4.76. The second-order valence-electron chi connectivity index (χ2n) is 7.04. The maximum atomic E-state index is 14.8. The number of carbonyl (C=O) groups is 1. The van der Waals surface area contributed by atoms with Crippen molar-refractivity contribution in [3.8, 4) is 0 Å². The van der Waals surface area contributed by atoms with Crippen molar-refractivity contribution in [3.63, 3.8) is 0 Å². The second-order valence-corrected chi connectivity index (χ2v) is 7.88. The molecule has 0 aliphatic carbocycles. The lowest BCUT2D eigenvalue weighted by Gasteiger charge is -2.22. The molecule has 5 rings (SSSR count). The monoisotopic (exact) mass is 406 g/mol. The molecule has 1 atom stereocenters. The fourth-order valence-corrected chi connectivity index (χ4v) is 4.55. The van der Waals surface area contributed by atoms with Crippen LogP contribution in [-0.4, -0.2) is 10.9 Å². The Morgan fingerprint density at radius 2 is 1.93 bits per heavy atom. The van der Waals surface area contributed by atoms with Gasteiger partial charge in [0.05, 0.1) is 16.6 Å². The standard InChI is InChI=1S/C22H15FN2O3S/c1-11-7-8-16-14(9-11)19(26)17-18(13-5-3-4-6-15(13)23)25(21(27)20(17)28-16)22-24-12(2)10-29-22/h3-10,18H,1-2H3. The molecule has 5 nitrogen and oxygen atoms in total. The topological polar surface area (TPSA) is 63.4 Å². The van der Waals surface area contributed by atoms with E-state index in [1.807, 2.05) is 19.9 Å². The van der Waals surface area contributed by atoms with Gasteiger partial charge in [0.15, 0.2) is 10.6 Å². The summed E-state index contributed by atoms with van der Waals surface area (Å²) in [6.45, 7) is 3.68. The summed E-state index contributed by atoms with van der Waals surface area (Å²) >= 11 is 1.27. The van der Waals surface area contributed by atoms with Crippen LogP contribution in [0.2, 0.25) is 0 Å². The van der Waals surface area contributed by atoms with Crippen molar-refractivity contribution in [1.82, 2.24) is 4.98 Å². The maximum absolute atomic E-state index is 14.8. The van der Waals surface area contributed by atoms with Crippen molar-refractivity contribution < 1.29 is 13.6 Å². The van der Waals surface area contributed by atoms with E-state index in [-0.39, 0.29) is 22.3 Å². The Labute approximate surface area is 169 Å². The van der Waals surface area contributed by atoms with Crippen LogP contribution in [0.4, 0.5) is 9.52 Å². The zero-order valence-electron chi connectivity index (χ0n) is 15.6. The molecular formula is C22H15FN2O3S. The van der Waals surface area contributed by atoms with Gasteiger partial charge in [-0.25, -0.2) is 9.37 Å². The fourth-order valence-electron chi connectivity index (χ4n) is 3.73. The van der Waals surface area contributed by atoms with E-state index in [1.165, 1.54) is 22.3 Å². The number of anilines is 1. The van der Waals surface area contributed by atoms with E-state index in [0.717, 1.165) is 11.3 Å². The molecular weight excluding hydrogens is 391 g/mol. The summed E-state index contributed by atoms with van der Waals surface area (Å²) < 4.78 is 20.6. The average molecular weight is 406 g/mol. The minimum absolute atomic E-state index is 0.0625. The summed E-state index contributed by atoms with van der Waals surface area (Å²) in [6, 6.07) is 10.4. The van der Waals surface area contributed by atoms with E-state index in [0.29, 0.717) is 16.1 Å². The normalized spacial score (nSPS) is 15.9. The number of rotatable bonds is 2. The average Bonchev–Trinajstić information content (AvgIpc) is 3.24. The van der Waals surface area contributed by atoms with E-state index in [4.69, 9.17) is 4.42 Å². The summed E-state index contributed by atoms with van der Waals surface area (Å²) in [4.78, 5) is 32.5. The number of aromatic nitrogens is 1. The first-order valence-corrected chi connectivity index (χ1v) is 9.91. The molecule has 0 saturated heterocycles. The molecule has 144 valence electrons. The molecule has 0 saturated carbocycles. The number of carbonyl (C=O) groups excluding carboxylic acids is 1. The van der Waals surface area contributed by atoms with E-state index >= 15 is 0 Å². The van der Waals surface area contributed by atoms with E-state index in [9.17, 15) is 14.0 Å². The van der Waals surface area contributed by atoms with Gasteiger partial charge in [-0.1, -0.05) is 29.8 Å². The number of hydrogen-bond donors (Lipinski definition) is 0. The van der Waals surface area contributed by atoms with Gasteiger partial charge >= 0.3 is 0 Å². The van der Waals surface area contributed by atoms with Gasteiger partial charge in [-0.3, -0.25) is 14.5 Å². The molecule has 3 heterocycles. The molecule has 1 aliphatic rings. The van der Waals surface area contributed by atoms with E-state index < -0.39 is 17.8 Å². The third-order valence-corrected chi connectivity index (χ3v) is 6.00. The van der Waals surface area contributed by atoms with Crippen molar-refractivity contribution in [1.29, 1.82) is 0 Å². The summed E-state index contributed by atoms with van der Waals surface area (Å²) in [6.07, 6.45) is 0. The Kier molecular flexibility index (Phi) is 3.89. The molecule has 1 unspecified atom stereocenters. The molecule has 1 aliphatic heterocycles. The minimum Gasteiger partial charge on any atom is -0.450 e. The molecule has 7 heteroatoms. The van der Waals surface area contributed by atoms with Gasteiger partial charge < -0.3 is 4.42 Å². The molecule has 2 aromatic carbocycles. The summed E-state index contributed by atoms with van der Waals surface area (Å²) in [5, 5.41) is 2.57. The lowest BCUT2D eigenvalue weighted by Crippen LogP contribution is -2.30. The first-order valence-electron chi connectivity index (χ1n) is 9.03. The number of thiazole rings is 1. The van der Waals surface area contributed by atoms with Crippen LogP contribution in [0.1, 0.15) is 39.0 Å². The molecule has 1 amide bonds. The number of amides is 1. The smallest absolute Gasteiger partial charge is 0.297 e. The highest BCUT2D eigenvalue weighted by atomic mass is 32.1. The number of fused-ring (bicyclic) bond motifs is 2. The zero-order chi connectivity index (χ0) is 20.3. The number of benzene rings is 2.